The number of carbonyl (C=O) groups is 1. The molecule has 0 atom stereocenters. The van der Waals surface area contributed by atoms with Crippen molar-refractivity contribution >= 4 is 39.2 Å². The van der Waals surface area contributed by atoms with Crippen molar-refractivity contribution in [1.82, 2.24) is 0 Å². The van der Waals surface area contributed by atoms with Crippen LogP contribution in [0, 0.1) is 0 Å². The number of benzene rings is 3. The maximum Gasteiger partial charge on any atom is 0.396 e. The fraction of sp³-hybridized carbons (Fsp3) is 0.0476. The molecule has 0 saturated heterocycles. The van der Waals surface area contributed by atoms with Crippen LogP contribution >= 0.6 is 22.9 Å². The SMILES string of the molecule is COc1ccc(C(=O)Oc2cc(-c3ccc(Cl)cc3)c3oc(=O)sc3c2)cc1. The average molecular weight is 413 g/mol. The summed E-state index contributed by atoms with van der Waals surface area (Å²) in [6.45, 7) is 0. The molecule has 1 aromatic heterocycles. The van der Waals surface area contributed by atoms with Gasteiger partial charge in [-0.3, -0.25) is 0 Å². The van der Waals surface area contributed by atoms with Crippen LogP contribution in [0.1, 0.15) is 10.4 Å². The van der Waals surface area contributed by atoms with Gasteiger partial charge in [0.15, 0.2) is 5.58 Å². The van der Waals surface area contributed by atoms with Crippen molar-refractivity contribution < 1.29 is 18.7 Å². The van der Waals surface area contributed by atoms with Crippen LogP contribution in [0.5, 0.6) is 11.5 Å². The Balaban J connectivity index is 1.73. The van der Waals surface area contributed by atoms with Gasteiger partial charge in [-0.1, -0.05) is 35.1 Å². The molecule has 0 spiro atoms. The minimum Gasteiger partial charge on any atom is -0.497 e. The Morgan fingerprint density at radius 1 is 1.00 bits per heavy atom. The summed E-state index contributed by atoms with van der Waals surface area (Å²) in [5.74, 6) is 0.446. The molecule has 4 rings (SSSR count). The van der Waals surface area contributed by atoms with Gasteiger partial charge in [0.25, 0.3) is 0 Å². The van der Waals surface area contributed by atoms with Crippen LogP contribution in [-0.2, 0) is 0 Å². The van der Waals surface area contributed by atoms with Crippen molar-refractivity contribution in [3.05, 3.63) is 81.0 Å². The molecule has 0 aliphatic rings. The van der Waals surface area contributed by atoms with Crippen molar-refractivity contribution in [2.45, 2.75) is 0 Å². The summed E-state index contributed by atoms with van der Waals surface area (Å²) in [5.41, 5.74) is 2.26. The third-order valence-corrected chi connectivity index (χ3v) is 5.12. The van der Waals surface area contributed by atoms with Crippen molar-refractivity contribution in [1.29, 1.82) is 0 Å². The predicted octanol–water partition coefficient (Wildman–Crippen LogP) is 5.40. The molecule has 0 aliphatic carbocycles. The van der Waals surface area contributed by atoms with Crippen LogP contribution in [0.4, 0.5) is 0 Å². The van der Waals surface area contributed by atoms with E-state index in [1.807, 2.05) is 12.1 Å². The maximum absolute atomic E-state index is 12.5. The molecule has 0 bridgehead atoms. The fourth-order valence-corrected chi connectivity index (χ4v) is 3.60. The van der Waals surface area contributed by atoms with E-state index in [0.717, 1.165) is 16.9 Å². The largest absolute Gasteiger partial charge is 0.497 e. The maximum atomic E-state index is 12.5. The van der Waals surface area contributed by atoms with Gasteiger partial charge in [0.1, 0.15) is 11.5 Å². The number of esters is 1. The number of methoxy groups -OCH3 is 1. The second kappa shape index (κ2) is 7.50. The summed E-state index contributed by atoms with van der Waals surface area (Å²) in [6.07, 6.45) is 0. The first-order valence-corrected chi connectivity index (χ1v) is 9.43. The fourth-order valence-electron chi connectivity index (χ4n) is 2.75. The molecule has 5 nitrogen and oxygen atoms in total. The lowest BCUT2D eigenvalue weighted by Crippen LogP contribution is -2.08. The first kappa shape index (κ1) is 18.3. The van der Waals surface area contributed by atoms with Crippen LogP contribution < -0.4 is 14.4 Å². The smallest absolute Gasteiger partial charge is 0.396 e. The number of hydrogen-bond acceptors (Lipinski definition) is 6. The van der Waals surface area contributed by atoms with Crippen LogP contribution in [0.15, 0.2) is 69.9 Å². The molecule has 0 radical (unpaired) electrons. The summed E-state index contributed by atoms with van der Waals surface area (Å²) in [5, 5.41) is 0.592. The van der Waals surface area contributed by atoms with E-state index in [0.29, 0.717) is 37.9 Å². The minimum absolute atomic E-state index is 0.315. The Morgan fingerprint density at radius 2 is 1.71 bits per heavy atom. The molecular formula is C21H13ClO5S. The number of hydrogen-bond donors (Lipinski definition) is 0. The second-order valence-electron chi connectivity index (χ2n) is 5.88. The van der Waals surface area contributed by atoms with Gasteiger partial charge in [-0.2, -0.15) is 0 Å². The number of carbonyl (C=O) groups excluding carboxylic acids is 1. The second-order valence-corrected chi connectivity index (χ2v) is 7.29. The third-order valence-electron chi connectivity index (χ3n) is 4.10. The van der Waals surface area contributed by atoms with E-state index < -0.39 is 10.9 Å². The lowest BCUT2D eigenvalue weighted by Gasteiger charge is -2.08. The molecule has 140 valence electrons. The molecule has 28 heavy (non-hydrogen) atoms. The summed E-state index contributed by atoms with van der Waals surface area (Å²) >= 11 is 6.91. The van der Waals surface area contributed by atoms with E-state index in [-0.39, 0.29) is 0 Å². The van der Waals surface area contributed by atoms with E-state index in [1.165, 1.54) is 0 Å². The standard InChI is InChI=1S/C21H13ClO5S/c1-25-15-8-4-13(5-9-15)20(23)26-16-10-17(12-2-6-14(22)7-3-12)19-18(11-16)28-21(24)27-19/h2-11H,1H3. The molecule has 1 heterocycles. The van der Waals surface area contributed by atoms with E-state index in [4.69, 9.17) is 25.5 Å². The normalized spacial score (nSPS) is 10.8. The molecular weight excluding hydrogens is 400 g/mol. The van der Waals surface area contributed by atoms with E-state index >= 15 is 0 Å². The van der Waals surface area contributed by atoms with Gasteiger partial charge in [0.05, 0.1) is 17.4 Å². The zero-order valence-corrected chi connectivity index (χ0v) is 16.2. The molecule has 3 aromatic carbocycles. The van der Waals surface area contributed by atoms with Gasteiger partial charge < -0.3 is 13.9 Å². The molecule has 0 saturated carbocycles. The predicted molar refractivity (Wildman–Crippen MR) is 109 cm³/mol. The Bertz CT molecular complexity index is 1210. The minimum atomic E-state index is -0.514. The van der Waals surface area contributed by atoms with Gasteiger partial charge in [0, 0.05) is 16.7 Å². The number of halogens is 1. The molecule has 0 unspecified atom stereocenters. The van der Waals surface area contributed by atoms with Crippen molar-refractivity contribution in [3.63, 3.8) is 0 Å². The molecule has 0 N–H and O–H groups in total. The highest BCUT2D eigenvalue weighted by atomic mass is 35.5. The number of rotatable bonds is 4. The van der Waals surface area contributed by atoms with Crippen molar-refractivity contribution in [2.24, 2.45) is 0 Å². The summed E-state index contributed by atoms with van der Waals surface area (Å²) in [4.78, 5) is 23.8. The first-order valence-electron chi connectivity index (χ1n) is 8.23. The summed E-state index contributed by atoms with van der Waals surface area (Å²) in [6, 6.07) is 17.0. The Morgan fingerprint density at radius 3 is 2.39 bits per heavy atom. The Kier molecular flexibility index (Phi) is 4.90. The van der Waals surface area contributed by atoms with Crippen molar-refractivity contribution in [2.75, 3.05) is 7.11 Å². The van der Waals surface area contributed by atoms with E-state index in [1.54, 1.807) is 55.6 Å². The monoisotopic (exact) mass is 412 g/mol. The van der Waals surface area contributed by atoms with Gasteiger partial charge in [-0.05, 0) is 48.0 Å². The number of ether oxygens (including phenoxy) is 2. The average Bonchev–Trinajstić information content (AvgIpc) is 3.08. The van der Waals surface area contributed by atoms with Crippen LogP contribution in [0.3, 0.4) is 0 Å². The van der Waals surface area contributed by atoms with Gasteiger partial charge in [0.2, 0.25) is 0 Å². The van der Waals surface area contributed by atoms with Crippen molar-refractivity contribution in [3.8, 4) is 22.6 Å². The summed E-state index contributed by atoms with van der Waals surface area (Å²) in [7, 11) is 1.55. The quantitative estimate of drug-likeness (QED) is 0.331. The lowest BCUT2D eigenvalue weighted by molar-refractivity contribution is 0.0735. The molecule has 0 fully saturated rings. The van der Waals surface area contributed by atoms with Crippen LogP contribution in [0.25, 0.3) is 21.4 Å². The number of fused-ring (bicyclic) bond motifs is 1. The lowest BCUT2D eigenvalue weighted by atomic mass is 10.0. The zero-order chi connectivity index (χ0) is 19.7. The van der Waals surface area contributed by atoms with Gasteiger partial charge >= 0.3 is 10.9 Å². The van der Waals surface area contributed by atoms with Gasteiger partial charge in [-0.25, -0.2) is 9.59 Å². The highest BCUT2D eigenvalue weighted by Gasteiger charge is 2.16. The Labute approximate surface area is 168 Å². The first-order chi connectivity index (χ1) is 13.5. The highest BCUT2D eigenvalue weighted by Crippen LogP contribution is 2.35. The molecule has 0 aliphatic heterocycles. The van der Waals surface area contributed by atoms with Crippen LogP contribution in [-0.4, -0.2) is 13.1 Å². The molecule has 7 heteroatoms. The molecule has 0 amide bonds. The Hall–Kier alpha value is -3.09. The molecule has 4 aromatic rings. The van der Waals surface area contributed by atoms with E-state index in [9.17, 15) is 9.59 Å². The topological polar surface area (TPSA) is 65.7 Å². The zero-order valence-electron chi connectivity index (χ0n) is 14.6. The summed E-state index contributed by atoms with van der Waals surface area (Å²) < 4.78 is 16.5. The van der Waals surface area contributed by atoms with Gasteiger partial charge in [-0.15, -0.1) is 0 Å². The van der Waals surface area contributed by atoms with E-state index in [2.05, 4.69) is 0 Å². The van der Waals surface area contributed by atoms with Crippen LogP contribution in [0.2, 0.25) is 5.02 Å². The highest BCUT2D eigenvalue weighted by molar-refractivity contribution is 7.16. The third kappa shape index (κ3) is 3.65.